The molecule has 82 valence electrons. The topological polar surface area (TPSA) is 86.7 Å². The molecule has 0 atom stereocenters. The number of hydrogen-bond acceptors (Lipinski definition) is 3. The third kappa shape index (κ3) is 1.45. The first-order chi connectivity index (χ1) is 7.05. The van der Waals surface area contributed by atoms with Crippen molar-refractivity contribution >= 4 is 17.9 Å². The van der Waals surface area contributed by atoms with Crippen molar-refractivity contribution in [2.45, 2.75) is 31.2 Å². The summed E-state index contributed by atoms with van der Waals surface area (Å²) in [7, 11) is 0. The predicted octanol–water partition coefficient (Wildman–Crippen LogP) is -0.0644. The lowest BCUT2D eigenvalue weighted by atomic mass is 9.73. The van der Waals surface area contributed by atoms with Crippen molar-refractivity contribution in [3.05, 3.63) is 0 Å². The summed E-state index contributed by atoms with van der Waals surface area (Å²) in [5, 5.41) is 11.2. The second-order valence-corrected chi connectivity index (χ2v) is 4.04. The van der Waals surface area contributed by atoms with Gasteiger partial charge >= 0.3 is 12.0 Å². The van der Waals surface area contributed by atoms with Crippen LogP contribution in [0.5, 0.6) is 0 Å². The monoisotopic (exact) mass is 212 g/mol. The zero-order chi connectivity index (χ0) is 11.1. The highest BCUT2D eigenvalue weighted by Crippen LogP contribution is 2.41. The molecule has 15 heavy (non-hydrogen) atoms. The Labute approximate surface area is 86.2 Å². The van der Waals surface area contributed by atoms with Crippen LogP contribution < -0.4 is 5.32 Å². The number of rotatable bonds is 3. The maximum Gasteiger partial charge on any atom is 0.325 e. The lowest BCUT2D eigenvalue weighted by Gasteiger charge is -2.45. The predicted molar refractivity (Wildman–Crippen MR) is 49.1 cm³/mol. The van der Waals surface area contributed by atoms with Crippen molar-refractivity contribution in [2.75, 3.05) is 6.54 Å². The number of carbonyl (C=O) groups excluding carboxylic acids is 2. The molecule has 3 amide bonds. The van der Waals surface area contributed by atoms with Gasteiger partial charge in [-0.05, 0) is 19.3 Å². The Morgan fingerprint density at radius 2 is 2.13 bits per heavy atom. The maximum atomic E-state index is 11.5. The van der Waals surface area contributed by atoms with Crippen LogP contribution in [-0.2, 0) is 9.59 Å². The number of aliphatic carboxylic acids is 1. The standard InChI is InChI=1S/C9H12N2O4/c12-6-5-10-8(15)11(6)9(2-1-3-9)4-7(13)14/h1-5H2,(H,10,15)(H,13,14). The van der Waals surface area contributed by atoms with E-state index in [1.165, 1.54) is 0 Å². The van der Waals surface area contributed by atoms with Gasteiger partial charge in [0.2, 0.25) is 0 Å². The van der Waals surface area contributed by atoms with E-state index in [1.807, 2.05) is 0 Å². The van der Waals surface area contributed by atoms with Crippen LogP contribution in [0.3, 0.4) is 0 Å². The summed E-state index contributed by atoms with van der Waals surface area (Å²) in [5.41, 5.74) is -0.760. The number of carbonyl (C=O) groups is 3. The van der Waals surface area contributed by atoms with Crippen LogP contribution in [0.25, 0.3) is 0 Å². The molecule has 1 saturated carbocycles. The Kier molecular flexibility index (Phi) is 2.13. The fourth-order valence-corrected chi connectivity index (χ4v) is 2.25. The second-order valence-electron chi connectivity index (χ2n) is 4.04. The summed E-state index contributed by atoms with van der Waals surface area (Å²) in [6.07, 6.45) is 1.91. The number of carboxylic acids is 1. The molecule has 0 spiro atoms. The molecule has 1 heterocycles. The lowest BCUT2D eigenvalue weighted by Crippen LogP contribution is -2.57. The van der Waals surface area contributed by atoms with Gasteiger partial charge in [0, 0.05) is 0 Å². The highest BCUT2D eigenvalue weighted by molar-refractivity contribution is 6.03. The van der Waals surface area contributed by atoms with E-state index in [1.54, 1.807) is 0 Å². The van der Waals surface area contributed by atoms with Crippen molar-refractivity contribution in [3.8, 4) is 0 Å². The minimum Gasteiger partial charge on any atom is -0.481 e. The molecule has 0 aromatic rings. The normalized spacial score (nSPS) is 23.6. The van der Waals surface area contributed by atoms with E-state index >= 15 is 0 Å². The molecule has 0 aromatic heterocycles. The molecule has 2 aliphatic rings. The van der Waals surface area contributed by atoms with Crippen molar-refractivity contribution in [3.63, 3.8) is 0 Å². The van der Waals surface area contributed by atoms with Gasteiger partial charge in [0.05, 0.1) is 18.5 Å². The Balaban J connectivity index is 2.21. The fourth-order valence-electron chi connectivity index (χ4n) is 2.25. The Hall–Kier alpha value is -1.59. The number of nitrogens with zero attached hydrogens (tertiary/aromatic N) is 1. The number of imide groups is 1. The largest absolute Gasteiger partial charge is 0.481 e. The van der Waals surface area contributed by atoms with Gasteiger partial charge in [-0.2, -0.15) is 0 Å². The summed E-state index contributed by atoms with van der Waals surface area (Å²) in [6.45, 7) is -0.0137. The molecule has 0 bridgehead atoms. The SMILES string of the molecule is O=C(O)CC1(N2C(=O)CNC2=O)CCC1. The Morgan fingerprint density at radius 1 is 1.47 bits per heavy atom. The molecular weight excluding hydrogens is 200 g/mol. The molecule has 0 radical (unpaired) electrons. The Morgan fingerprint density at radius 3 is 2.47 bits per heavy atom. The quantitative estimate of drug-likeness (QED) is 0.641. The second kappa shape index (κ2) is 3.22. The first-order valence-electron chi connectivity index (χ1n) is 4.88. The molecule has 2 fully saturated rings. The average molecular weight is 212 g/mol. The van der Waals surface area contributed by atoms with Crippen LogP contribution in [0, 0.1) is 0 Å². The van der Waals surface area contributed by atoms with Crippen molar-refractivity contribution in [1.82, 2.24) is 10.2 Å². The van der Waals surface area contributed by atoms with E-state index in [2.05, 4.69) is 5.32 Å². The van der Waals surface area contributed by atoms with E-state index in [0.717, 1.165) is 11.3 Å². The fraction of sp³-hybridized carbons (Fsp3) is 0.667. The van der Waals surface area contributed by atoms with Crippen molar-refractivity contribution < 1.29 is 19.5 Å². The zero-order valence-corrected chi connectivity index (χ0v) is 8.15. The summed E-state index contributed by atoms with van der Waals surface area (Å²) < 4.78 is 0. The number of urea groups is 1. The van der Waals surface area contributed by atoms with Gasteiger partial charge in [-0.3, -0.25) is 14.5 Å². The van der Waals surface area contributed by atoms with Gasteiger partial charge < -0.3 is 10.4 Å². The van der Waals surface area contributed by atoms with Crippen LogP contribution in [0.15, 0.2) is 0 Å². The van der Waals surface area contributed by atoms with Crippen molar-refractivity contribution in [2.24, 2.45) is 0 Å². The third-order valence-corrected chi connectivity index (χ3v) is 3.08. The van der Waals surface area contributed by atoms with E-state index < -0.39 is 17.5 Å². The Bertz CT molecular complexity index is 319. The minimum atomic E-state index is -0.970. The summed E-state index contributed by atoms with van der Waals surface area (Å²) >= 11 is 0. The molecule has 6 nitrogen and oxygen atoms in total. The van der Waals surface area contributed by atoms with Gasteiger partial charge in [-0.1, -0.05) is 0 Å². The highest BCUT2D eigenvalue weighted by Gasteiger charge is 2.51. The van der Waals surface area contributed by atoms with Crippen LogP contribution in [0.4, 0.5) is 4.79 Å². The minimum absolute atomic E-state index is 0.0137. The lowest BCUT2D eigenvalue weighted by molar-refractivity contribution is -0.144. The highest BCUT2D eigenvalue weighted by atomic mass is 16.4. The molecule has 0 unspecified atom stereocenters. The van der Waals surface area contributed by atoms with Gasteiger partial charge in [0.1, 0.15) is 0 Å². The number of nitrogens with one attached hydrogen (secondary N) is 1. The van der Waals surface area contributed by atoms with E-state index in [-0.39, 0.29) is 18.9 Å². The molecule has 1 saturated heterocycles. The van der Waals surface area contributed by atoms with Crippen LogP contribution in [0.1, 0.15) is 25.7 Å². The molecule has 6 heteroatoms. The van der Waals surface area contributed by atoms with Crippen molar-refractivity contribution in [1.29, 1.82) is 0 Å². The molecule has 1 aliphatic carbocycles. The number of amides is 3. The van der Waals surface area contributed by atoms with E-state index in [0.29, 0.717) is 12.8 Å². The smallest absolute Gasteiger partial charge is 0.325 e. The first kappa shape index (κ1) is 9.95. The maximum absolute atomic E-state index is 11.5. The third-order valence-electron chi connectivity index (χ3n) is 3.08. The van der Waals surface area contributed by atoms with Crippen LogP contribution in [-0.4, -0.2) is 40.0 Å². The molecule has 2 N–H and O–H groups in total. The summed E-state index contributed by atoms with van der Waals surface area (Å²) in [6, 6.07) is -0.457. The van der Waals surface area contributed by atoms with Gasteiger partial charge in [-0.15, -0.1) is 0 Å². The summed E-state index contributed by atoms with van der Waals surface area (Å²) in [5.74, 6) is -1.29. The van der Waals surface area contributed by atoms with Gasteiger partial charge in [-0.25, -0.2) is 4.79 Å². The van der Waals surface area contributed by atoms with Crippen LogP contribution in [0.2, 0.25) is 0 Å². The number of carboxylic acid groups (broad SMARTS) is 1. The molecular formula is C9H12N2O4. The zero-order valence-electron chi connectivity index (χ0n) is 8.15. The number of hydrogen-bond donors (Lipinski definition) is 2. The van der Waals surface area contributed by atoms with Crippen LogP contribution >= 0.6 is 0 Å². The van der Waals surface area contributed by atoms with E-state index in [4.69, 9.17) is 5.11 Å². The molecule has 1 aliphatic heterocycles. The van der Waals surface area contributed by atoms with E-state index in [9.17, 15) is 14.4 Å². The first-order valence-corrected chi connectivity index (χ1v) is 4.88. The van der Waals surface area contributed by atoms with Gasteiger partial charge in [0.15, 0.2) is 0 Å². The molecule has 2 rings (SSSR count). The average Bonchev–Trinajstić information content (AvgIpc) is 2.40. The van der Waals surface area contributed by atoms with Gasteiger partial charge in [0.25, 0.3) is 5.91 Å². The summed E-state index contributed by atoms with van der Waals surface area (Å²) in [4.78, 5) is 34.7. The molecule has 0 aromatic carbocycles.